The van der Waals surface area contributed by atoms with Crippen molar-refractivity contribution in [3.8, 4) is 11.3 Å². The van der Waals surface area contributed by atoms with E-state index in [9.17, 15) is 9.59 Å². The van der Waals surface area contributed by atoms with Gasteiger partial charge in [-0.3, -0.25) is 9.78 Å². The second-order valence-corrected chi connectivity index (χ2v) is 5.18. The highest BCUT2D eigenvalue weighted by Crippen LogP contribution is 2.20. The van der Waals surface area contributed by atoms with E-state index < -0.39 is 5.97 Å². The van der Waals surface area contributed by atoms with Gasteiger partial charge in [-0.25, -0.2) is 4.79 Å². The van der Waals surface area contributed by atoms with Gasteiger partial charge >= 0.3 is 5.97 Å². The number of hydrogen-bond acceptors (Lipinski definition) is 5. The number of nitrogens with zero attached hydrogens (tertiary/aromatic N) is 2. The zero-order chi connectivity index (χ0) is 17.1. The molecule has 0 saturated heterocycles. The number of aryl methyl sites for hydroxylation is 1. The van der Waals surface area contributed by atoms with Crippen LogP contribution in [0.5, 0.6) is 0 Å². The van der Waals surface area contributed by atoms with Crippen LogP contribution in [0.2, 0.25) is 0 Å². The van der Waals surface area contributed by atoms with Crippen LogP contribution in [-0.4, -0.2) is 26.3 Å². The van der Waals surface area contributed by atoms with Crippen LogP contribution in [0.3, 0.4) is 0 Å². The maximum atomic E-state index is 12.2. The third-order valence-corrected chi connectivity index (χ3v) is 3.48. The van der Waals surface area contributed by atoms with E-state index in [0.717, 1.165) is 5.56 Å². The SMILES string of the molecule is Cc1ccc(C(=O)O)cc1Nc1nnc(-c2ccccc2)c(=O)[nH]1. The second kappa shape index (κ2) is 6.33. The van der Waals surface area contributed by atoms with Gasteiger partial charge in [-0.05, 0) is 24.6 Å². The number of benzene rings is 2. The van der Waals surface area contributed by atoms with Crippen molar-refractivity contribution in [2.24, 2.45) is 0 Å². The van der Waals surface area contributed by atoms with E-state index in [1.807, 2.05) is 25.1 Å². The van der Waals surface area contributed by atoms with Crippen molar-refractivity contribution in [3.63, 3.8) is 0 Å². The fraction of sp³-hybridized carbons (Fsp3) is 0.0588. The molecule has 0 spiro atoms. The predicted molar refractivity (Wildman–Crippen MR) is 89.5 cm³/mol. The Morgan fingerprint density at radius 2 is 1.88 bits per heavy atom. The van der Waals surface area contributed by atoms with Crippen LogP contribution < -0.4 is 10.9 Å². The Balaban J connectivity index is 1.92. The quantitative estimate of drug-likeness (QED) is 0.681. The van der Waals surface area contributed by atoms with Crippen LogP contribution in [-0.2, 0) is 0 Å². The summed E-state index contributed by atoms with van der Waals surface area (Å²) in [4.78, 5) is 25.9. The van der Waals surface area contributed by atoms with E-state index in [1.54, 1.807) is 18.2 Å². The molecule has 0 unspecified atom stereocenters. The van der Waals surface area contributed by atoms with Gasteiger partial charge in [0.05, 0.1) is 5.56 Å². The van der Waals surface area contributed by atoms with E-state index in [1.165, 1.54) is 12.1 Å². The average molecular weight is 322 g/mol. The number of carboxylic acid groups (broad SMARTS) is 1. The third-order valence-electron chi connectivity index (χ3n) is 3.48. The molecule has 3 rings (SSSR count). The smallest absolute Gasteiger partial charge is 0.335 e. The lowest BCUT2D eigenvalue weighted by atomic mass is 10.1. The van der Waals surface area contributed by atoms with E-state index in [4.69, 9.17) is 5.11 Å². The Kier molecular flexibility index (Phi) is 4.07. The maximum absolute atomic E-state index is 12.2. The Bertz CT molecular complexity index is 952. The number of aromatic amines is 1. The first-order chi connectivity index (χ1) is 11.5. The molecular formula is C17H14N4O3. The van der Waals surface area contributed by atoms with Gasteiger partial charge in [0, 0.05) is 11.3 Å². The Morgan fingerprint density at radius 1 is 1.12 bits per heavy atom. The third kappa shape index (κ3) is 3.14. The van der Waals surface area contributed by atoms with Gasteiger partial charge in [-0.2, -0.15) is 0 Å². The largest absolute Gasteiger partial charge is 0.478 e. The molecule has 0 amide bonds. The minimum atomic E-state index is -1.03. The number of H-pyrrole nitrogens is 1. The monoisotopic (exact) mass is 322 g/mol. The molecule has 120 valence electrons. The number of anilines is 2. The van der Waals surface area contributed by atoms with Crippen molar-refractivity contribution in [2.75, 3.05) is 5.32 Å². The van der Waals surface area contributed by atoms with E-state index in [0.29, 0.717) is 11.3 Å². The molecule has 7 nitrogen and oxygen atoms in total. The van der Waals surface area contributed by atoms with Crippen LogP contribution in [0.4, 0.5) is 11.6 Å². The fourth-order valence-corrected chi connectivity index (χ4v) is 2.20. The molecular weight excluding hydrogens is 308 g/mol. The van der Waals surface area contributed by atoms with Crippen molar-refractivity contribution in [1.82, 2.24) is 15.2 Å². The van der Waals surface area contributed by atoms with Crippen molar-refractivity contribution in [3.05, 3.63) is 70.0 Å². The molecule has 0 aliphatic carbocycles. The highest BCUT2D eigenvalue weighted by molar-refractivity contribution is 5.89. The predicted octanol–water partition coefficient (Wildman–Crippen LogP) is 2.58. The van der Waals surface area contributed by atoms with E-state index in [-0.39, 0.29) is 22.8 Å². The van der Waals surface area contributed by atoms with Crippen molar-refractivity contribution in [2.45, 2.75) is 6.92 Å². The van der Waals surface area contributed by atoms with Gasteiger partial charge in [-0.15, -0.1) is 10.2 Å². The van der Waals surface area contributed by atoms with Gasteiger partial charge in [-0.1, -0.05) is 36.4 Å². The van der Waals surface area contributed by atoms with Crippen LogP contribution in [0, 0.1) is 6.92 Å². The summed E-state index contributed by atoms with van der Waals surface area (Å²) in [6, 6.07) is 13.7. The molecule has 1 heterocycles. The van der Waals surface area contributed by atoms with Gasteiger partial charge in [0.2, 0.25) is 5.95 Å². The number of aromatic nitrogens is 3. The van der Waals surface area contributed by atoms with E-state index >= 15 is 0 Å². The van der Waals surface area contributed by atoms with Gasteiger partial charge in [0.25, 0.3) is 5.56 Å². The molecule has 0 atom stereocenters. The molecule has 1 aromatic heterocycles. The van der Waals surface area contributed by atoms with Crippen LogP contribution >= 0.6 is 0 Å². The van der Waals surface area contributed by atoms with Crippen molar-refractivity contribution < 1.29 is 9.90 Å². The molecule has 0 radical (unpaired) electrons. The minimum Gasteiger partial charge on any atom is -0.478 e. The summed E-state index contributed by atoms with van der Waals surface area (Å²) in [5.41, 5.74) is 1.99. The molecule has 2 aromatic carbocycles. The Labute approximate surface area is 137 Å². The van der Waals surface area contributed by atoms with Crippen molar-refractivity contribution >= 4 is 17.6 Å². The van der Waals surface area contributed by atoms with Gasteiger partial charge < -0.3 is 10.4 Å². The molecule has 0 fully saturated rings. The fourth-order valence-electron chi connectivity index (χ4n) is 2.20. The van der Waals surface area contributed by atoms with Crippen molar-refractivity contribution in [1.29, 1.82) is 0 Å². The number of hydrogen-bond donors (Lipinski definition) is 3. The molecule has 0 bridgehead atoms. The molecule has 3 aromatic rings. The zero-order valence-electron chi connectivity index (χ0n) is 12.8. The van der Waals surface area contributed by atoms with Gasteiger partial charge in [0.15, 0.2) is 5.69 Å². The summed E-state index contributed by atoms with van der Waals surface area (Å²) in [5.74, 6) is -0.887. The molecule has 7 heteroatoms. The topological polar surface area (TPSA) is 108 Å². The number of rotatable bonds is 4. The first-order valence-corrected chi connectivity index (χ1v) is 7.18. The molecule has 3 N–H and O–H groups in total. The maximum Gasteiger partial charge on any atom is 0.335 e. The van der Waals surface area contributed by atoms with Gasteiger partial charge in [0.1, 0.15) is 0 Å². The number of carboxylic acids is 1. The minimum absolute atomic E-state index is 0.138. The highest BCUT2D eigenvalue weighted by Gasteiger charge is 2.10. The summed E-state index contributed by atoms with van der Waals surface area (Å²) in [6.07, 6.45) is 0. The Hall–Kier alpha value is -3.48. The number of nitrogens with one attached hydrogen (secondary N) is 2. The lowest BCUT2D eigenvalue weighted by Gasteiger charge is -2.09. The standard InChI is InChI=1S/C17H14N4O3/c1-10-7-8-12(16(23)24)9-13(10)18-17-19-15(22)14(20-21-17)11-5-3-2-4-6-11/h2-9H,1H3,(H,23,24)(H2,18,19,21,22). The molecule has 24 heavy (non-hydrogen) atoms. The summed E-state index contributed by atoms with van der Waals surface area (Å²) in [6.45, 7) is 1.82. The summed E-state index contributed by atoms with van der Waals surface area (Å²) >= 11 is 0. The van der Waals surface area contributed by atoms with Crippen LogP contribution in [0.15, 0.2) is 53.3 Å². The second-order valence-electron chi connectivity index (χ2n) is 5.18. The summed E-state index contributed by atoms with van der Waals surface area (Å²) in [5, 5.41) is 19.9. The lowest BCUT2D eigenvalue weighted by molar-refractivity contribution is 0.0697. The zero-order valence-corrected chi connectivity index (χ0v) is 12.8. The average Bonchev–Trinajstić information content (AvgIpc) is 2.57. The Morgan fingerprint density at radius 3 is 2.54 bits per heavy atom. The highest BCUT2D eigenvalue weighted by atomic mass is 16.4. The first-order valence-electron chi connectivity index (χ1n) is 7.18. The first kappa shape index (κ1) is 15.4. The lowest BCUT2D eigenvalue weighted by Crippen LogP contribution is -2.15. The molecule has 0 aliphatic heterocycles. The van der Waals surface area contributed by atoms with Crippen LogP contribution in [0.1, 0.15) is 15.9 Å². The normalized spacial score (nSPS) is 10.4. The van der Waals surface area contributed by atoms with E-state index in [2.05, 4.69) is 20.5 Å². The van der Waals surface area contributed by atoms with Crippen LogP contribution in [0.25, 0.3) is 11.3 Å². The summed E-state index contributed by atoms with van der Waals surface area (Å²) in [7, 11) is 0. The summed E-state index contributed by atoms with van der Waals surface area (Å²) < 4.78 is 0. The molecule has 0 saturated carbocycles. The molecule has 0 aliphatic rings. The number of aromatic carboxylic acids is 1. The number of carbonyl (C=O) groups is 1.